The van der Waals surface area contributed by atoms with Gasteiger partial charge in [0.05, 0.1) is 19.4 Å². The van der Waals surface area contributed by atoms with Crippen LogP contribution < -0.4 is 20.1 Å². The molecule has 4 rings (SSSR count). The molecule has 0 bridgehead atoms. The van der Waals surface area contributed by atoms with Crippen LogP contribution in [0.25, 0.3) is 0 Å². The fourth-order valence-electron chi connectivity index (χ4n) is 3.74. The lowest BCUT2D eigenvalue weighted by Crippen LogP contribution is -2.50. The van der Waals surface area contributed by atoms with Crippen LogP contribution in [0.15, 0.2) is 46.0 Å². The molecule has 1 fully saturated rings. The fourth-order valence-corrected chi connectivity index (χ4v) is 3.74. The summed E-state index contributed by atoms with van der Waals surface area (Å²) in [5.74, 6) is 3.18. The van der Waals surface area contributed by atoms with Crippen molar-refractivity contribution in [1.29, 1.82) is 0 Å². The average Bonchev–Trinajstić information content (AvgIpc) is 3.49. The van der Waals surface area contributed by atoms with E-state index in [4.69, 9.17) is 23.6 Å². The number of furan rings is 1. The van der Waals surface area contributed by atoms with E-state index in [1.807, 2.05) is 37.3 Å². The first-order chi connectivity index (χ1) is 15.7. The van der Waals surface area contributed by atoms with E-state index >= 15 is 0 Å². The highest BCUT2D eigenvalue weighted by molar-refractivity contribution is 14.0. The number of nitrogens with zero attached hydrogens (tertiary/aromatic N) is 2. The number of rotatable bonds is 7. The number of piperidine rings is 1. The number of amides is 1. The third-order valence-electron chi connectivity index (χ3n) is 5.46. The number of carbonyl (C=O) groups excluding carboxylic acids is 1. The number of guanidine groups is 1. The molecule has 2 aliphatic heterocycles. The Morgan fingerprint density at radius 2 is 2.03 bits per heavy atom. The van der Waals surface area contributed by atoms with Gasteiger partial charge in [0.25, 0.3) is 0 Å². The van der Waals surface area contributed by atoms with E-state index in [-0.39, 0.29) is 42.9 Å². The van der Waals surface area contributed by atoms with E-state index in [1.165, 1.54) is 0 Å². The first kappa shape index (κ1) is 25.0. The zero-order valence-electron chi connectivity index (χ0n) is 18.7. The molecule has 0 atom stereocenters. The van der Waals surface area contributed by atoms with Crippen molar-refractivity contribution in [2.45, 2.75) is 38.8 Å². The Morgan fingerprint density at radius 3 is 2.79 bits per heavy atom. The first-order valence-corrected chi connectivity index (χ1v) is 11.1. The summed E-state index contributed by atoms with van der Waals surface area (Å²) < 4.78 is 21.4. The quantitative estimate of drug-likeness (QED) is 0.299. The minimum absolute atomic E-state index is 0. The first-order valence-electron chi connectivity index (χ1n) is 11.1. The van der Waals surface area contributed by atoms with Gasteiger partial charge in [0.1, 0.15) is 5.76 Å². The minimum atomic E-state index is -0.237. The van der Waals surface area contributed by atoms with Gasteiger partial charge in [-0.15, -0.1) is 24.0 Å². The molecule has 0 radical (unpaired) electrons. The highest BCUT2D eigenvalue weighted by atomic mass is 127. The van der Waals surface area contributed by atoms with Gasteiger partial charge in [-0.05, 0) is 49.6 Å². The van der Waals surface area contributed by atoms with E-state index in [1.54, 1.807) is 11.2 Å². The lowest BCUT2D eigenvalue weighted by molar-refractivity contribution is 0.0963. The molecule has 1 saturated heterocycles. The zero-order chi connectivity index (χ0) is 22.2. The molecule has 0 unspecified atom stereocenters. The van der Waals surface area contributed by atoms with Gasteiger partial charge < -0.3 is 34.2 Å². The topological polar surface area (TPSA) is 97.6 Å². The number of hydrogen-bond acceptors (Lipinski definition) is 6. The Hall–Kier alpha value is -2.63. The molecule has 2 aliphatic rings. The SMILES string of the molecule is CCOC(=O)N1CCC(NC(=NCc2ccc3c(c2)OCO3)NCCc2ccco2)CC1.I. The molecule has 1 aromatic heterocycles. The molecule has 0 spiro atoms. The molecule has 1 amide bonds. The smallest absolute Gasteiger partial charge is 0.409 e. The predicted molar refractivity (Wildman–Crippen MR) is 134 cm³/mol. The van der Waals surface area contributed by atoms with Crippen LogP contribution in [-0.2, 0) is 17.7 Å². The summed E-state index contributed by atoms with van der Waals surface area (Å²) in [6.07, 6.45) is 3.88. The van der Waals surface area contributed by atoms with Gasteiger partial charge in [0, 0.05) is 32.1 Å². The van der Waals surface area contributed by atoms with E-state index in [0.717, 1.165) is 48.0 Å². The number of carbonyl (C=O) groups is 1. The van der Waals surface area contributed by atoms with Gasteiger partial charge in [0.2, 0.25) is 6.79 Å². The second kappa shape index (κ2) is 12.6. The molecule has 33 heavy (non-hydrogen) atoms. The summed E-state index contributed by atoms with van der Waals surface area (Å²) in [7, 11) is 0. The molecule has 3 heterocycles. The van der Waals surface area contributed by atoms with Crippen molar-refractivity contribution in [3.8, 4) is 11.5 Å². The van der Waals surface area contributed by atoms with Crippen LogP contribution in [0.2, 0.25) is 0 Å². The van der Waals surface area contributed by atoms with E-state index < -0.39 is 0 Å². The lowest BCUT2D eigenvalue weighted by atomic mass is 10.1. The van der Waals surface area contributed by atoms with Crippen LogP contribution in [0.5, 0.6) is 11.5 Å². The molecule has 9 nitrogen and oxygen atoms in total. The van der Waals surface area contributed by atoms with Crippen molar-refractivity contribution in [1.82, 2.24) is 15.5 Å². The van der Waals surface area contributed by atoms with Crippen molar-refractivity contribution in [3.63, 3.8) is 0 Å². The summed E-state index contributed by atoms with van der Waals surface area (Å²) >= 11 is 0. The van der Waals surface area contributed by atoms with Gasteiger partial charge in [-0.25, -0.2) is 9.79 Å². The second-order valence-electron chi connectivity index (χ2n) is 7.71. The maximum atomic E-state index is 11.9. The van der Waals surface area contributed by atoms with Gasteiger partial charge in [-0.1, -0.05) is 6.07 Å². The maximum Gasteiger partial charge on any atom is 0.409 e. The zero-order valence-corrected chi connectivity index (χ0v) is 21.1. The van der Waals surface area contributed by atoms with Crippen LogP contribution in [0.1, 0.15) is 31.1 Å². The Morgan fingerprint density at radius 1 is 1.21 bits per heavy atom. The van der Waals surface area contributed by atoms with Crippen molar-refractivity contribution < 1.29 is 23.4 Å². The molecule has 0 aliphatic carbocycles. The maximum absolute atomic E-state index is 11.9. The van der Waals surface area contributed by atoms with Crippen LogP contribution in [0.4, 0.5) is 4.79 Å². The summed E-state index contributed by atoms with van der Waals surface area (Å²) in [5.41, 5.74) is 1.04. The molecular formula is C23H31IN4O5. The van der Waals surface area contributed by atoms with Gasteiger partial charge >= 0.3 is 6.09 Å². The molecule has 10 heteroatoms. The Kier molecular flexibility index (Phi) is 9.52. The van der Waals surface area contributed by atoms with Crippen molar-refractivity contribution in [3.05, 3.63) is 47.9 Å². The van der Waals surface area contributed by atoms with Crippen LogP contribution in [0, 0.1) is 0 Å². The Bertz CT molecular complexity index is 914. The number of likely N-dealkylation sites (tertiary alicyclic amines) is 1. The summed E-state index contributed by atoms with van der Waals surface area (Å²) in [6, 6.07) is 9.95. The molecule has 0 saturated carbocycles. The highest BCUT2D eigenvalue weighted by Crippen LogP contribution is 2.32. The standard InChI is InChI=1S/C23H30N4O5.HI/c1-2-29-23(28)27-11-8-18(9-12-27)26-22(24-10-7-19-4-3-13-30-19)25-15-17-5-6-20-21(14-17)32-16-31-20;/h3-6,13-14,18H,2,7-12,15-16H2,1H3,(H2,24,25,26);1H. The Labute approximate surface area is 210 Å². The minimum Gasteiger partial charge on any atom is -0.469 e. The largest absolute Gasteiger partial charge is 0.469 e. The summed E-state index contributed by atoms with van der Waals surface area (Å²) in [4.78, 5) is 18.5. The van der Waals surface area contributed by atoms with E-state index in [0.29, 0.717) is 32.8 Å². The molecular weight excluding hydrogens is 539 g/mol. The summed E-state index contributed by atoms with van der Waals surface area (Å²) in [5, 5.41) is 6.92. The van der Waals surface area contributed by atoms with Crippen LogP contribution >= 0.6 is 24.0 Å². The number of halogens is 1. The number of ether oxygens (including phenoxy) is 3. The molecule has 2 N–H and O–H groups in total. The van der Waals surface area contributed by atoms with Gasteiger partial charge in [-0.2, -0.15) is 0 Å². The lowest BCUT2D eigenvalue weighted by Gasteiger charge is -2.32. The van der Waals surface area contributed by atoms with Gasteiger partial charge in [0.15, 0.2) is 17.5 Å². The second-order valence-corrected chi connectivity index (χ2v) is 7.71. The van der Waals surface area contributed by atoms with E-state index in [2.05, 4.69) is 10.6 Å². The third kappa shape index (κ3) is 7.18. The molecule has 1 aromatic carbocycles. The van der Waals surface area contributed by atoms with Gasteiger partial charge in [-0.3, -0.25) is 0 Å². The predicted octanol–water partition coefficient (Wildman–Crippen LogP) is 3.53. The third-order valence-corrected chi connectivity index (χ3v) is 5.46. The number of nitrogens with one attached hydrogen (secondary N) is 2. The number of aliphatic imine (C=N–C) groups is 1. The molecule has 180 valence electrons. The number of hydrogen-bond donors (Lipinski definition) is 2. The fraction of sp³-hybridized carbons (Fsp3) is 0.478. The Balaban J connectivity index is 0.00000306. The van der Waals surface area contributed by atoms with Crippen molar-refractivity contribution >= 4 is 36.0 Å². The number of fused-ring (bicyclic) bond motifs is 1. The number of benzene rings is 1. The normalized spacial score (nSPS) is 15.7. The van der Waals surface area contributed by atoms with Crippen LogP contribution in [-0.4, -0.2) is 56.0 Å². The highest BCUT2D eigenvalue weighted by Gasteiger charge is 2.24. The monoisotopic (exact) mass is 570 g/mol. The van der Waals surface area contributed by atoms with Crippen molar-refractivity contribution in [2.24, 2.45) is 4.99 Å². The molecule has 2 aromatic rings. The van der Waals surface area contributed by atoms with E-state index in [9.17, 15) is 4.79 Å². The van der Waals surface area contributed by atoms with Crippen LogP contribution in [0.3, 0.4) is 0 Å². The summed E-state index contributed by atoms with van der Waals surface area (Å²) in [6.45, 7) is 5.01. The average molecular weight is 570 g/mol. The van der Waals surface area contributed by atoms with Crippen molar-refractivity contribution in [2.75, 3.05) is 33.0 Å².